The van der Waals surface area contributed by atoms with Gasteiger partial charge in [-0.05, 0) is 108 Å². The molecule has 4 aromatic carbocycles. The van der Waals surface area contributed by atoms with Crippen LogP contribution in [0.5, 0.6) is 0 Å². The standard InChI is InChI=1S/C40H34N2/c1-25-29-21-19-28(42-39-17-9-5-13-33(39)34-14-6-10-18-40(34)42)24-36(29)26(2)30-22-20-27(23-35(25)30)41-37-15-7-3-11-31(37)32-12-4-8-16-38(32)41/h3-7,9,11-15,17,19-24,31,37H,8,10,16,18H2,1-2H3. The van der Waals surface area contributed by atoms with E-state index in [0.717, 1.165) is 25.7 Å². The molecular weight excluding hydrogens is 508 g/mol. The molecule has 9 rings (SSSR count). The second kappa shape index (κ2) is 8.97. The number of para-hydroxylation sites is 1. The molecule has 0 bridgehead atoms. The first kappa shape index (κ1) is 24.1. The second-order valence-corrected chi connectivity index (χ2v) is 12.4. The molecule has 204 valence electrons. The van der Waals surface area contributed by atoms with Gasteiger partial charge in [0, 0.05) is 39.6 Å². The van der Waals surface area contributed by atoms with Gasteiger partial charge in [0.05, 0.1) is 11.6 Å². The average molecular weight is 543 g/mol. The van der Waals surface area contributed by atoms with Crippen molar-refractivity contribution in [2.45, 2.75) is 45.6 Å². The molecule has 2 heterocycles. The molecule has 0 radical (unpaired) electrons. The molecule has 0 amide bonds. The lowest BCUT2D eigenvalue weighted by molar-refractivity contribution is 0.681. The fourth-order valence-electron chi connectivity index (χ4n) is 8.26. The molecule has 2 heteroatoms. The molecule has 2 nitrogen and oxygen atoms in total. The zero-order valence-corrected chi connectivity index (χ0v) is 24.3. The molecule has 2 unspecified atom stereocenters. The Morgan fingerprint density at radius 3 is 2.24 bits per heavy atom. The summed E-state index contributed by atoms with van der Waals surface area (Å²) < 4.78 is 2.51. The van der Waals surface area contributed by atoms with E-state index < -0.39 is 0 Å². The van der Waals surface area contributed by atoms with E-state index >= 15 is 0 Å². The predicted molar refractivity (Wildman–Crippen MR) is 179 cm³/mol. The molecule has 5 aromatic rings. The van der Waals surface area contributed by atoms with Crippen molar-refractivity contribution in [2.24, 2.45) is 5.92 Å². The Kier molecular flexibility index (Phi) is 5.14. The molecule has 3 aliphatic carbocycles. The summed E-state index contributed by atoms with van der Waals surface area (Å²) in [5.74, 6) is 0.445. The fourth-order valence-corrected chi connectivity index (χ4v) is 8.26. The van der Waals surface area contributed by atoms with Crippen LogP contribution in [0.4, 0.5) is 5.69 Å². The molecule has 1 aliphatic heterocycles. The highest BCUT2D eigenvalue weighted by Crippen LogP contribution is 2.46. The smallest absolute Gasteiger partial charge is 0.0626 e. The summed E-state index contributed by atoms with van der Waals surface area (Å²) in [5.41, 5.74) is 12.4. The minimum atomic E-state index is 0.363. The van der Waals surface area contributed by atoms with E-state index in [-0.39, 0.29) is 0 Å². The third kappa shape index (κ3) is 3.27. The molecule has 42 heavy (non-hydrogen) atoms. The van der Waals surface area contributed by atoms with Crippen LogP contribution in [0, 0.1) is 19.8 Å². The number of rotatable bonds is 2. The van der Waals surface area contributed by atoms with Gasteiger partial charge in [-0.25, -0.2) is 0 Å². The topological polar surface area (TPSA) is 8.17 Å². The van der Waals surface area contributed by atoms with Gasteiger partial charge in [0.25, 0.3) is 0 Å². The van der Waals surface area contributed by atoms with Crippen molar-refractivity contribution < 1.29 is 0 Å². The summed E-state index contributed by atoms with van der Waals surface area (Å²) in [6, 6.07) is 23.6. The van der Waals surface area contributed by atoms with E-state index in [1.165, 1.54) is 77.5 Å². The molecule has 4 aliphatic rings. The summed E-state index contributed by atoms with van der Waals surface area (Å²) in [6.45, 7) is 4.63. The highest BCUT2D eigenvalue weighted by atomic mass is 15.2. The molecular formula is C40H34N2. The van der Waals surface area contributed by atoms with Crippen molar-refractivity contribution in [3.63, 3.8) is 0 Å². The number of anilines is 1. The van der Waals surface area contributed by atoms with Crippen LogP contribution in [0.3, 0.4) is 0 Å². The maximum atomic E-state index is 2.62. The number of allylic oxidation sites excluding steroid dienone is 6. The molecule has 0 saturated heterocycles. The van der Waals surface area contributed by atoms with E-state index in [9.17, 15) is 0 Å². The average Bonchev–Trinajstić information content (AvgIpc) is 3.56. The van der Waals surface area contributed by atoms with Crippen LogP contribution in [0.25, 0.3) is 44.2 Å². The van der Waals surface area contributed by atoms with Gasteiger partial charge in [-0.3, -0.25) is 0 Å². The normalized spacial score (nSPS) is 20.7. The second-order valence-electron chi connectivity index (χ2n) is 12.4. The first-order valence-corrected chi connectivity index (χ1v) is 15.5. The fraction of sp³-hybridized carbons (Fsp3) is 0.200. The number of hydrogen-bond acceptors (Lipinski definition) is 1. The largest absolute Gasteiger partial charge is 0.337 e. The number of aromatic nitrogens is 1. The van der Waals surface area contributed by atoms with Gasteiger partial charge < -0.3 is 9.47 Å². The van der Waals surface area contributed by atoms with E-state index in [1.807, 2.05) is 0 Å². The summed E-state index contributed by atoms with van der Waals surface area (Å²) >= 11 is 0. The number of nitrogens with zero attached hydrogens (tertiary/aromatic N) is 2. The highest BCUT2D eigenvalue weighted by molar-refractivity contribution is 6.07. The van der Waals surface area contributed by atoms with Gasteiger partial charge in [0.15, 0.2) is 0 Å². The van der Waals surface area contributed by atoms with E-state index in [4.69, 9.17) is 0 Å². The van der Waals surface area contributed by atoms with Gasteiger partial charge in [-0.1, -0.05) is 78.9 Å². The summed E-state index contributed by atoms with van der Waals surface area (Å²) in [5, 5.41) is 6.78. The number of fused-ring (bicyclic) bond motifs is 7. The number of hydrogen-bond donors (Lipinski definition) is 0. The van der Waals surface area contributed by atoms with Crippen molar-refractivity contribution >= 4 is 44.2 Å². The quantitative estimate of drug-likeness (QED) is 0.202. The van der Waals surface area contributed by atoms with Crippen LogP contribution >= 0.6 is 0 Å². The highest BCUT2D eigenvalue weighted by Gasteiger charge is 2.38. The van der Waals surface area contributed by atoms with Crippen molar-refractivity contribution in [3.8, 4) is 5.69 Å². The Bertz CT molecular complexity index is 2130. The Morgan fingerprint density at radius 2 is 1.38 bits per heavy atom. The summed E-state index contributed by atoms with van der Waals surface area (Å²) in [4.78, 5) is 2.62. The Morgan fingerprint density at radius 1 is 0.667 bits per heavy atom. The number of aryl methyl sites for hydroxylation is 2. The number of benzene rings is 4. The summed E-state index contributed by atoms with van der Waals surface area (Å²) in [7, 11) is 0. The minimum absolute atomic E-state index is 0.363. The lowest BCUT2D eigenvalue weighted by atomic mass is 9.88. The maximum absolute atomic E-state index is 2.62. The Hall–Kier alpha value is -4.56. The van der Waals surface area contributed by atoms with Gasteiger partial charge in [-0.15, -0.1) is 0 Å². The minimum Gasteiger partial charge on any atom is -0.337 e. The van der Waals surface area contributed by atoms with Crippen LogP contribution in [0.15, 0.2) is 114 Å². The van der Waals surface area contributed by atoms with E-state index in [1.54, 1.807) is 0 Å². The van der Waals surface area contributed by atoms with Gasteiger partial charge >= 0.3 is 0 Å². The third-order valence-corrected chi connectivity index (χ3v) is 10.2. The third-order valence-electron chi connectivity index (χ3n) is 10.2. The van der Waals surface area contributed by atoms with Gasteiger partial charge in [0.2, 0.25) is 0 Å². The molecule has 0 spiro atoms. The zero-order chi connectivity index (χ0) is 27.9. The first-order chi connectivity index (χ1) is 20.7. The predicted octanol–water partition coefficient (Wildman–Crippen LogP) is 10.0. The maximum Gasteiger partial charge on any atom is 0.0626 e. The van der Waals surface area contributed by atoms with Crippen molar-refractivity contribution in [2.75, 3.05) is 4.90 Å². The summed E-state index contributed by atoms with van der Waals surface area (Å²) in [6.07, 6.45) is 23.0. The molecule has 0 saturated carbocycles. The van der Waals surface area contributed by atoms with Crippen LogP contribution in [0.2, 0.25) is 0 Å². The molecule has 2 atom stereocenters. The Labute approximate surface area is 247 Å². The van der Waals surface area contributed by atoms with Crippen molar-refractivity contribution in [1.82, 2.24) is 4.57 Å². The van der Waals surface area contributed by atoms with Crippen LogP contribution < -0.4 is 4.90 Å². The van der Waals surface area contributed by atoms with Crippen molar-refractivity contribution in [1.29, 1.82) is 0 Å². The zero-order valence-electron chi connectivity index (χ0n) is 24.3. The molecule has 0 N–H and O–H groups in total. The van der Waals surface area contributed by atoms with Crippen molar-refractivity contribution in [3.05, 3.63) is 137 Å². The van der Waals surface area contributed by atoms with E-state index in [0.29, 0.717) is 12.0 Å². The molecule has 1 aromatic heterocycles. The SMILES string of the molecule is Cc1c2ccc(-n3c4c(c5ccccc53)C=CCC4)cc2c(C)c2ccc(N3C4=C(C=CCC4)C4C=CC=CC43)cc12. The lowest BCUT2D eigenvalue weighted by Crippen LogP contribution is -2.32. The van der Waals surface area contributed by atoms with Crippen LogP contribution in [-0.4, -0.2) is 10.6 Å². The van der Waals surface area contributed by atoms with Crippen LogP contribution in [0.1, 0.15) is 41.6 Å². The van der Waals surface area contributed by atoms with Gasteiger partial charge in [-0.2, -0.15) is 0 Å². The van der Waals surface area contributed by atoms with Gasteiger partial charge in [0.1, 0.15) is 0 Å². The lowest BCUT2D eigenvalue weighted by Gasteiger charge is -2.31. The molecule has 0 fully saturated rings. The van der Waals surface area contributed by atoms with Crippen LogP contribution in [-0.2, 0) is 6.42 Å². The first-order valence-electron chi connectivity index (χ1n) is 15.5. The Balaban J connectivity index is 1.22. The van der Waals surface area contributed by atoms with E-state index in [2.05, 4.69) is 133 Å². The monoisotopic (exact) mass is 542 g/mol.